The Labute approximate surface area is 145 Å². The zero-order valence-corrected chi connectivity index (χ0v) is 13.9. The van der Waals surface area contributed by atoms with E-state index in [9.17, 15) is 9.59 Å². The first-order valence-electron chi connectivity index (χ1n) is 8.49. The van der Waals surface area contributed by atoms with E-state index >= 15 is 0 Å². The van der Waals surface area contributed by atoms with Crippen molar-refractivity contribution >= 4 is 17.5 Å². The van der Waals surface area contributed by atoms with Crippen LogP contribution in [0, 0.1) is 0 Å². The smallest absolute Gasteiger partial charge is 0.307 e. The van der Waals surface area contributed by atoms with Crippen molar-refractivity contribution in [1.82, 2.24) is 15.6 Å². The number of nitrogens with one attached hydrogen (secondary N) is 3. The minimum absolute atomic E-state index is 0.0581. The van der Waals surface area contributed by atoms with Crippen molar-refractivity contribution in [2.75, 3.05) is 5.32 Å². The number of carbonyl (C=O) groups excluding carboxylic acids is 2. The number of fused-ring (bicyclic) bond motifs is 2. The lowest BCUT2D eigenvalue weighted by molar-refractivity contribution is -0.114. The van der Waals surface area contributed by atoms with Crippen molar-refractivity contribution in [3.63, 3.8) is 0 Å². The van der Waals surface area contributed by atoms with Crippen molar-refractivity contribution in [2.24, 2.45) is 0 Å². The summed E-state index contributed by atoms with van der Waals surface area (Å²) in [5.41, 5.74) is 1.42. The number of amides is 2. The molecule has 4 rings (SSSR count). The molecule has 7 heteroatoms. The van der Waals surface area contributed by atoms with Crippen LogP contribution in [-0.4, -0.2) is 34.9 Å². The lowest BCUT2D eigenvalue weighted by Crippen LogP contribution is -2.43. The average Bonchev–Trinajstić information content (AvgIpc) is 3.31. The fraction of sp³-hybridized carbons (Fsp3) is 0.389. The van der Waals surface area contributed by atoms with Crippen LogP contribution in [0.4, 0.5) is 5.69 Å². The van der Waals surface area contributed by atoms with E-state index in [0.29, 0.717) is 23.5 Å². The Bertz CT molecular complexity index is 816. The van der Waals surface area contributed by atoms with Crippen molar-refractivity contribution in [3.05, 3.63) is 36.4 Å². The number of hydrogen-bond donors (Lipinski definition) is 3. The second-order valence-electron chi connectivity index (χ2n) is 6.65. The van der Waals surface area contributed by atoms with Gasteiger partial charge in [0.05, 0.1) is 6.20 Å². The first kappa shape index (κ1) is 15.8. The van der Waals surface area contributed by atoms with Gasteiger partial charge >= 0.3 is 5.91 Å². The molecule has 2 aliphatic heterocycles. The van der Waals surface area contributed by atoms with Crippen LogP contribution in [0.5, 0.6) is 0 Å². The zero-order chi connectivity index (χ0) is 17.4. The molecule has 3 atom stereocenters. The normalized spacial score (nSPS) is 24.3. The van der Waals surface area contributed by atoms with Crippen LogP contribution in [0.15, 0.2) is 34.9 Å². The molecule has 7 nitrogen and oxygen atoms in total. The predicted molar refractivity (Wildman–Crippen MR) is 92.1 cm³/mol. The van der Waals surface area contributed by atoms with E-state index in [1.54, 1.807) is 12.1 Å². The zero-order valence-electron chi connectivity index (χ0n) is 13.9. The lowest BCUT2D eigenvalue weighted by Gasteiger charge is -2.20. The molecule has 2 amide bonds. The monoisotopic (exact) mass is 340 g/mol. The highest BCUT2D eigenvalue weighted by Crippen LogP contribution is 2.29. The molecular formula is C18H20N4O3. The summed E-state index contributed by atoms with van der Waals surface area (Å²) in [5, 5.41) is 9.22. The first-order chi connectivity index (χ1) is 12.1. The van der Waals surface area contributed by atoms with E-state index in [4.69, 9.17) is 4.42 Å². The van der Waals surface area contributed by atoms with Gasteiger partial charge < -0.3 is 20.4 Å². The highest BCUT2D eigenvalue weighted by atomic mass is 16.4. The SMILES string of the molecule is CC(=O)Nc1cccc(-c2cnc(C(=O)N[C@@H]3C[C@H]4CC[C@@H]3N4)o2)c1. The quantitative estimate of drug-likeness (QED) is 0.790. The predicted octanol–water partition coefficient (Wildman–Crippen LogP) is 1.92. The number of benzene rings is 1. The van der Waals surface area contributed by atoms with Gasteiger partial charge in [0, 0.05) is 36.3 Å². The van der Waals surface area contributed by atoms with Gasteiger partial charge in [-0.05, 0) is 31.4 Å². The van der Waals surface area contributed by atoms with Crippen LogP contribution >= 0.6 is 0 Å². The number of hydrogen-bond acceptors (Lipinski definition) is 5. The molecule has 2 fully saturated rings. The van der Waals surface area contributed by atoms with Gasteiger partial charge in [-0.3, -0.25) is 9.59 Å². The summed E-state index contributed by atoms with van der Waals surface area (Å²) in [4.78, 5) is 27.7. The lowest BCUT2D eigenvalue weighted by atomic mass is 9.95. The Hall–Kier alpha value is -2.67. The van der Waals surface area contributed by atoms with Gasteiger partial charge in [-0.2, -0.15) is 0 Å². The molecule has 0 unspecified atom stereocenters. The molecule has 0 aliphatic carbocycles. The fourth-order valence-electron chi connectivity index (χ4n) is 3.68. The van der Waals surface area contributed by atoms with E-state index in [0.717, 1.165) is 18.4 Å². The van der Waals surface area contributed by atoms with Crippen LogP contribution in [0.3, 0.4) is 0 Å². The number of aromatic nitrogens is 1. The third-order valence-electron chi connectivity index (χ3n) is 4.78. The van der Waals surface area contributed by atoms with Crippen molar-refractivity contribution in [2.45, 2.75) is 44.3 Å². The first-order valence-corrected chi connectivity index (χ1v) is 8.49. The fourth-order valence-corrected chi connectivity index (χ4v) is 3.68. The molecule has 0 saturated carbocycles. The third-order valence-corrected chi connectivity index (χ3v) is 4.78. The van der Waals surface area contributed by atoms with Gasteiger partial charge in [0.25, 0.3) is 5.89 Å². The molecule has 1 aromatic heterocycles. The Morgan fingerprint density at radius 2 is 2.20 bits per heavy atom. The number of rotatable bonds is 4. The van der Waals surface area contributed by atoms with E-state index < -0.39 is 0 Å². The van der Waals surface area contributed by atoms with Gasteiger partial charge in [0.1, 0.15) is 0 Å². The molecule has 2 aliphatic rings. The topological polar surface area (TPSA) is 96.3 Å². The summed E-state index contributed by atoms with van der Waals surface area (Å²) >= 11 is 0. The average molecular weight is 340 g/mol. The Balaban J connectivity index is 1.46. The van der Waals surface area contributed by atoms with Crippen molar-refractivity contribution in [3.8, 4) is 11.3 Å². The second kappa shape index (κ2) is 6.33. The van der Waals surface area contributed by atoms with Gasteiger partial charge in [0.15, 0.2) is 5.76 Å². The van der Waals surface area contributed by atoms with Gasteiger partial charge in [-0.15, -0.1) is 0 Å². The van der Waals surface area contributed by atoms with E-state index in [-0.39, 0.29) is 23.7 Å². The van der Waals surface area contributed by atoms with E-state index in [1.165, 1.54) is 19.5 Å². The summed E-state index contributed by atoms with van der Waals surface area (Å²) in [6.45, 7) is 1.45. The number of anilines is 1. The summed E-state index contributed by atoms with van der Waals surface area (Å²) < 4.78 is 5.63. The maximum absolute atomic E-state index is 12.4. The molecule has 0 spiro atoms. The number of carbonyl (C=O) groups is 2. The molecule has 2 aromatic rings. The number of oxazole rings is 1. The third kappa shape index (κ3) is 3.28. The molecule has 25 heavy (non-hydrogen) atoms. The minimum Gasteiger partial charge on any atom is -0.432 e. The van der Waals surface area contributed by atoms with Gasteiger partial charge in [0.2, 0.25) is 5.91 Å². The number of nitrogens with zero attached hydrogens (tertiary/aromatic N) is 1. The molecule has 0 radical (unpaired) electrons. The van der Waals surface area contributed by atoms with Crippen LogP contribution in [0.1, 0.15) is 36.9 Å². The molecular weight excluding hydrogens is 320 g/mol. The molecule has 3 N–H and O–H groups in total. The maximum atomic E-state index is 12.4. The molecule has 3 heterocycles. The Morgan fingerprint density at radius 3 is 2.92 bits per heavy atom. The largest absolute Gasteiger partial charge is 0.432 e. The summed E-state index contributed by atoms with van der Waals surface area (Å²) in [6.07, 6.45) is 4.77. The van der Waals surface area contributed by atoms with E-state index in [1.807, 2.05) is 12.1 Å². The van der Waals surface area contributed by atoms with Crippen molar-refractivity contribution in [1.29, 1.82) is 0 Å². The van der Waals surface area contributed by atoms with Crippen LogP contribution < -0.4 is 16.0 Å². The second-order valence-corrected chi connectivity index (χ2v) is 6.65. The van der Waals surface area contributed by atoms with Gasteiger partial charge in [-0.1, -0.05) is 12.1 Å². The molecule has 2 bridgehead atoms. The van der Waals surface area contributed by atoms with Crippen LogP contribution in [-0.2, 0) is 4.79 Å². The highest BCUT2D eigenvalue weighted by Gasteiger charge is 2.40. The standard InChI is InChI=1S/C18H20N4O3/c1-10(23)20-12-4-2-3-11(7-12)16-9-19-18(25-16)17(24)22-15-8-13-5-6-14(15)21-13/h2-4,7,9,13-15,21H,5-6,8H2,1H3,(H,20,23)(H,22,24)/t13-,14+,15-/m1/s1. The van der Waals surface area contributed by atoms with Crippen LogP contribution in [0.2, 0.25) is 0 Å². The highest BCUT2D eigenvalue weighted by molar-refractivity contribution is 5.91. The summed E-state index contributed by atoms with van der Waals surface area (Å²) in [7, 11) is 0. The Kier molecular flexibility index (Phi) is 4.01. The van der Waals surface area contributed by atoms with Crippen LogP contribution in [0.25, 0.3) is 11.3 Å². The Morgan fingerprint density at radius 1 is 1.32 bits per heavy atom. The maximum Gasteiger partial charge on any atom is 0.307 e. The summed E-state index contributed by atoms with van der Waals surface area (Å²) in [5.74, 6) is 0.115. The molecule has 130 valence electrons. The molecule has 2 saturated heterocycles. The summed E-state index contributed by atoms with van der Waals surface area (Å²) in [6, 6.07) is 8.24. The molecule has 1 aromatic carbocycles. The van der Waals surface area contributed by atoms with Crippen molar-refractivity contribution < 1.29 is 14.0 Å². The minimum atomic E-state index is -0.288. The van der Waals surface area contributed by atoms with Gasteiger partial charge in [-0.25, -0.2) is 4.98 Å². The van der Waals surface area contributed by atoms with E-state index in [2.05, 4.69) is 20.9 Å².